The van der Waals surface area contributed by atoms with E-state index in [1.54, 1.807) is 0 Å². The van der Waals surface area contributed by atoms with Gasteiger partial charge in [0.1, 0.15) is 6.04 Å². The maximum Gasteiger partial charge on any atom is 0.326 e. The van der Waals surface area contributed by atoms with Gasteiger partial charge in [0.15, 0.2) is 0 Å². The summed E-state index contributed by atoms with van der Waals surface area (Å²) in [5.74, 6) is -1.02. The van der Waals surface area contributed by atoms with Crippen LogP contribution in [0.2, 0.25) is 0 Å². The normalized spacial score (nSPS) is 21.6. The van der Waals surface area contributed by atoms with E-state index in [4.69, 9.17) is 9.84 Å². The average Bonchev–Trinajstić information content (AvgIpc) is 2.35. The number of ether oxygens (including phenoxy) is 1. The predicted octanol–water partition coefficient (Wildman–Crippen LogP) is 0.670. The zero-order valence-electron chi connectivity index (χ0n) is 10.3. The Bertz CT molecular complexity index is 277. The molecular weight excluding hydrogens is 224 g/mol. The summed E-state index contributed by atoms with van der Waals surface area (Å²) >= 11 is 0. The molecule has 0 aromatic heterocycles. The van der Waals surface area contributed by atoms with Gasteiger partial charge in [-0.1, -0.05) is 0 Å². The molecule has 1 aliphatic heterocycles. The second-order valence-electron chi connectivity index (χ2n) is 4.30. The molecule has 1 rings (SSSR count). The van der Waals surface area contributed by atoms with Crippen molar-refractivity contribution in [2.45, 2.75) is 38.3 Å². The number of carbonyl (C=O) groups excluding carboxylic acids is 1. The Labute approximate surface area is 101 Å². The number of amides is 2. The fourth-order valence-corrected chi connectivity index (χ4v) is 1.64. The molecule has 0 aliphatic carbocycles. The number of hydrogen-bond donors (Lipinski definition) is 2. The monoisotopic (exact) mass is 244 g/mol. The van der Waals surface area contributed by atoms with Gasteiger partial charge in [-0.2, -0.15) is 0 Å². The maximum absolute atomic E-state index is 11.6. The molecule has 6 heteroatoms. The lowest BCUT2D eigenvalue weighted by atomic mass is 10.1. The highest BCUT2D eigenvalue weighted by molar-refractivity contribution is 5.82. The molecule has 1 fully saturated rings. The standard InChI is InChI=1S/C11H20N2O4/c1-8(10(14)15)13(2)11(16)12-7-9-5-3-4-6-17-9/h8-9H,3-7H2,1-2H3,(H,12,16)(H,14,15). The van der Waals surface area contributed by atoms with E-state index < -0.39 is 12.0 Å². The van der Waals surface area contributed by atoms with E-state index in [9.17, 15) is 9.59 Å². The molecular formula is C11H20N2O4. The molecule has 98 valence electrons. The van der Waals surface area contributed by atoms with Crippen LogP contribution in [0.1, 0.15) is 26.2 Å². The molecule has 0 radical (unpaired) electrons. The summed E-state index contributed by atoms with van der Waals surface area (Å²) in [6.45, 7) is 2.65. The number of carbonyl (C=O) groups is 2. The van der Waals surface area contributed by atoms with Crippen LogP contribution >= 0.6 is 0 Å². The molecule has 17 heavy (non-hydrogen) atoms. The van der Waals surface area contributed by atoms with Crippen molar-refractivity contribution in [3.8, 4) is 0 Å². The van der Waals surface area contributed by atoms with E-state index in [0.717, 1.165) is 25.9 Å². The average molecular weight is 244 g/mol. The summed E-state index contributed by atoms with van der Waals surface area (Å²) in [6, 6.07) is -1.21. The molecule has 0 aromatic rings. The molecule has 1 aliphatic rings. The van der Waals surface area contributed by atoms with Crippen molar-refractivity contribution >= 4 is 12.0 Å². The minimum Gasteiger partial charge on any atom is -0.480 e. The van der Waals surface area contributed by atoms with Gasteiger partial charge in [-0.15, -0.1) is 0 Å². The van der Waals surface area contributed by atoms with Gasteiger partial charge in [-0.05, 0) is 26.2 Å². The third kappa shape index (κ3) is 4.22. The number of likely N-dealkylation sites (N-methyl/N-ethyl adjacent to an activating group) is 1. The lowest BCUT2D eigenvalue weighted by Crippen LogP contribution is -2.48. The largest absolute Gasteiger partial charge is 0.480 e. The van der Waals surface area contributed by atoms with Crippen LogP contribution in [0, 0.1) is 0 Å². The van der Waals surface area contributed by atoms with Crippen LogP contribution in [0.15, 0.2) is 0 Å². The van der Waals surface area contributed by atoms with Crippen LogP contribution in [-0.2, 0) is 9.53 Å². The van der Waals surface area contributed by atoms with Gasteiger partial charge < -0.3 is 20.1 Å². The van der Waals surface area contributed by atoms with Gasteiger partial charge in [-0.25, -0.2) is 9.59 Å². The predicted molar refractivity (Wildman–Crippen MR) is 61.9 cm³/mol. The van der Waals surface area contributed by atoms with Crippen molar-refractivity contribution in [1.29, 1.82) is 0 Å². The van der Waals surface area contributed by atoms with E-state index in [1.807, 2.05) is 0 Å². The molecule has 2 amide bonds. The highest BCUT2D eigenvalue weighted by Crippen LogP contribution is 2.11. The first-order valence-electron chi connectivity index (χ1n) is 5.87. The Hall–Kier alpha value is -1.30. The molecule has 1 heterocycles. The highest BCUT2D eigenvalue weighted by atomic mass is 16.5. The van der Waals surface area contributed by atoms with Crippen molar-refractivity contribution in [3.63, 3.8) is 0 Å². The zero-order chi connectivity index (χ0) is 12.8. The van der Waals surface area contributed by atoms with Crippen LogP contribution < -0.4 is 5.32 Å². The fraction of sp³-hybridized carbons (Fsp3) is 0.818. The smallest absolute Gasteiger partial charge is 0.326 e. The Morgan fingerprint density at radius 3 is 2.76 bits per heavy atom. The van der Waals surface area contributed by atoms with Crippen LogP contribution in [0.4, 0.5) is 4.79 Å². The number of nitrogens with zero attached hydrogens (tertiary/aromatic N) is 1. The third-order valence-corrected chi connectivity index (χ3v) is 3.01. The first-order chi connectivity index (χ1) is 8.02. The summed E-state index contributed by atoms with van der Waals surface area (Å²) in [7, 11) is 1.47. The Morgan fingerprint density at radius 1 is 1.53 bits per heavy atom. The zero-order valence-corrected chi connectivity index (χ0v) is 10.3. The van der Waals surface area contributed by atoms with Crippen LogP contribution in [-0.4, -0.2) is 54.4 Å². The summed E-state index contributed by atoms with van der Waals surface area (Å²) in [4.78, 5) is 23.5. The second kappa shape index (κ2) is 6.44. The summed E-state index contributed by atoms with van der Waals surface area (Å²) in [5, 5.41) is 11.5. The molecule has 2 N–H and O–H groups in total. The molecule has 6 nitrogen and oxygen atoms in total. The fourth-order valence-electron chi connectivity index (χ4n) is 1.64. The summed E-state index contributed by atoms with van der Waals surface area (Å²) in [5.41, 5.74) is 0. The number of carboxylic acid groups (broad SMARTS) is 1. The van der Waals surface area contributed by atoms with Gasteiger partial charge >= 0.3 is 12.0 Å². The summed E-state index contributed by atoms with van der Waals surface area (Å²) < 4.78 is 5.47. The Balaban J connectivity index is 2.30. The summed E-state index contributed by atoms with van der Waals surface area (Å²) in [6.07, 6.45) is 3.18. The molecule has 0 bridgehead atoms. The van der Waals surface area contributed by atoms with E-state index in [2.05, 4.69) is 5.32 Å². The Morgan fingerprint density at radius 2 is 2.24 bits per heavy atom. The van der Waals surface area contributed by atoms with Crippen molar-refractivity contribution in [2.24, 2.45) is 0 Å². The number of nitrogens with one attached hydrogen (secondary N) is 1. The van der Waals surface area contributed by atoms with E-state index in [-0.39, 0.29) is 12.1 Å². The molecule has 0 saturated carbocycles. The minimum absolute atomic E-state index is 0.0567. The highest BCUT2D eigenvalue weighted by Gasteiger charge is 2.22. The van der Waals surface area contributed by atoms with Gasteiger partial charge in [0, 0.05) is 20.2 Å². The van der Waals surface area contributed by atoms with Crippen LogP contribution in [0.3, 0.4) is 0 Å². The van der Waals surface area contributed by atoms with E-state index in [1.165, 1.54) is 18.9 Å². The van der Waals surface area contributed by atoms with Gasteiger partial charge in [0.05, 0.1) is 6.10 Å². The van der Waals surface area contributed by atoms with Crippen molar-refractivity contribution in [1.82, 2.24) is 10.2 Å². The number of aliphatic carboxylic acids is 1. The molecule has 2 atom stereocenters. The van der Waals surface area contributed by atoms with E-state index in [0.29, 0.717) is 6.54 Å². The first-order valence-corrected chi connectivity index (χ1v) is 5.87. The van der Waals surface area contributed by atoms with Crippen molar-refractivity contribution in [3.05, 3.63) is 0 Å². The number of hydrogen-bond acceptors (Lipinski definition) is 3. The number of carboxylic acids is 1. The van der Waals surface area contributed by atoms with Crippen molar-refractivity contribution < 1.29 is 19.4 Å². The molecule has 1 saturated heterocycles. The van der Waals surface area contributed by atoms with Gasteiger partial charge in [0.25, 0.3) is 0 Å². The van der Waals surface area contributed by atoms with Gasteiger partial charge in [0.2, 0.25) is 0 Å². The third-order valence-electron chi connectivity index (χ3n) is 3.01. The maximum atomic E-state index is 11.6. The number of rotatable bonds is 4. The quantitative estimate of drug-likeness (QED) is 0.762. The first kappa shape index (κ1) is 13.8. The second-order valence-corrected chi connectivity index (χ2v) is 4.30. The molecule has 2 unspecified atom stereocenters. The van der Waals surface area contributed by atoms with E-state index >= 15 is 0 Å². The van der Waals surface area contributed by atoms with Crippen LogP contribution in [0.5, 0.6) is 0 Å². The molecule has 0 aromatic carbocycles. The van der Waals surface area contributed by atoms with Crippen molar-refractivity contribution in [2.75, 3.05) is 20.2 Å². The minimum atomic E-state index is -1.02. The molecule has 0 spiro atoms. The topological polar surface area (TPSA) is 78.9 Å². The number of urea groups is 1. The Kier molecular flexibility index (Phi) is 5.21. The van der Waals surface area contributed by atoms with Crippen LogP contribution in [0.25, 0.3) is 0 Å². The lowest BCUT2D eigenvalue weighted by Gasteiger charge is -2.26. The van der Waals surface area contributed by atoms with Gasteiger partial charge in [-0.3, -0.25) is 0 Å². The lowest BCUT2D eigenvalue weighted by molar-refractivity contribution is -0.141. The SMILES string of the molecule is CC(C(=O)O)N(C)C(=O)NCC1CCCCO1.